The van der Waals surface area contributed by atoms with Gasteiger partial charge in [-0.15, -0.1) is 0 Å². The van der Waals surface area contributed by atoms with Gasteiger partial charge in [0.25, 0.3) is 5.56 Å². The SMILES string of the molecule is COC(=O)c1ccc(CSc2nc3c([nH]c4ccccc43)c(=O)n2-c2ccccc2F)o1. The van der Waals surface area contributed by atoms with Crippen molar-refractivity contribution in [1.82, 2.24) is 14.5 Å². The number of nitrogens with zero attached hydrogens (tertiary/aromatic N) is 2. The van der Waals surface area contributed by atoms with E-state index in [4.69, 9.17) is 9.40 Å². The van der Waals surface area contributed by atoms with E-state index in [0.717, 1.165) is 10.9 Å². The third kappa shape index (κ3) is 3.36. The maximum absolute atomic E-state index is 14.7. The molecule has 0 spiro atoms. The number of aromatic amines is 1. The molecule has 7 nitrogen and oxygen atoms in total. The molecular formula is C23H16FN3O4S. The fourth-order valence-electron chi connectivity index (χ4n) is 3.49. The third-order valence-electron chi connectivity index (χ3n) is 4.98. The molecule has 0 atom stereocenters. The Kier molecular flexibility index (Phi) is 5.02. The predicted octanol–water partition coefficient (Wildman–Crippen LogP) is 4.68. The number of carbonyl (C=O) groups is 1. The Hall–Kier alpha value is -3.85. The van der Waals surface area contributed by atoms with E-state index in [9.17, 15) is 14.0 Å². The van der Waals surface area contributed by atoms with Crippen LogP contribution in [0.1, 0.15) is 16.3 Å². The second kappa shape index (κ2) is 8.01. The Morgan fingerprint density at radius 2 is 1.94 bits per heavy atom. The highest BCUT2D eigenvalue weighted by Crippen LogP contribution is 2.29. The number of rotatable bonds is 5. The summed E-state index contributed by atoms with van der Waals surface area (Å²) in [7, 11) is 1.27. The Morgan fingerprint density at radius 3 is 2.75 bits per heavy atom. The topological polar surface area (TPSA) is 90.1 Å². The molecule has 5 rings (SSSR count). The van der Waals surface area contributed by atoms with E-state index in [0.29, 0.717) is 22.0 Å². The summed E-state index contributed by atoms with van der Waals surface area (Å²) in [5, 5.41) is 1.10. The number of hydrogen-bond acceptors (Lipinski definition) is 6. The van der Waals surface area contributed by atoms with Gasteiger partial charge < -0.3 is 14.1 Å². The lowest BCUT2D eigenvalue weighted by atomic mass is 10.2. The molecule has 0 unspecified atom stereocenters. The quantitative estimate of drug-likeness (QED) is 0.238. The molecule has 0 bridgehead atoms. The molecule has 0 radical (unpaired) electrons. The van der Waals surface area contributed by atoms with Crippen LogP contribution in [0.15, 0.2) is 75.0 Å². The highest BCUT2D eigenvalue weighted by atomic mass is 32.2. The lowest BCUT2D eigenvalue weighted by molar-refractivity contribution is 0.0563. The van der Waals surface area contributed by atoms with Gasteiger partial charge in [0.05, 0.1) is 18.6 Å². The summed E-state index contributed by atoms with van der Waals surface area (Å²) >= 11 is 1.20. The average molecular weight is 449 g/mol. The zero-order valence-corrected chi connectivity index (χ0v) is 17.6. The van der Waals surface area contributed by atoms with Gasteiger partial charge in [-0.05, 0) is 30.3 Å². The van der Waals surface area contributed by atoms with Crippen molar-refractivity contribution in [1.29, 1.82) is 0 Å². The van der Waals surface area contributed by atoms with Crippen LogP contribution in [0.3, 0.4) is 0 Å². The van der Waals surface area contributed by atoms with E-state index >= 15 is 0 Å². The number of hydrogen-bond donors (Lipinski definition) is 1. The summed E-state index contributed by atoms with van der Waals surface area (Å²) in [6, 6.07) is 16.7. The number of H-pyrrole nitrogens is 1. The second-order valence-electron chi connectivity index (χ2n) is 6.93. The monoisotopic (exact) mass is 449 g/mol. The number of furan rings is 1. The number of ether oxygens (including phenoxy) is 1. The van der Waals surface area contributed by atoms with E-state index in [-0.39, 0.29) is 17.2 Å². The lowest BCUT2D eigenvalue weighted by Crippen LogP contribution is -2.22. The van der Waals surface area contributed by atoms with Crippen LogP contribution < -0.4 is 5.56 Å². The Balaban J connectivity index is 1.65. The van der Waals surface area contributed by atoms with Crippen molar-refractivity contribution in [3.63, 3.8) is 0 Å². The highest BCUT2D eigenvalue weighted by Gasteiger charge is 2.20. The molecular weight excluding hydrogens is 433 g/mol. The number of carbonyl (C=O) groups excluding carboxylic acids is 1. The van der Waals surface area contributed by atoms with Gasteiger partial charge >= 0.3 is 5.97 Å². The van der Waals surface area contributed by atoms with Gasteiger partial charge in [-0.2, -0.15) is 0 Å². The van der Waals surface area contributed by atoms with Crippen molar-refractivity contribution in [3.8, 4) is 5.69 Å². The molecule has 2 aromatic carbocycles. The van der Waals surface area contributed by atoms with Crippen LogP contribution in [0.25, 0.3) is 27.6 Å². The molecule has 5 aromatic rings. The van der Waals surface area contributed by atoms with E-state index in [1.54, 1.807) is 18.2 Å². The largest absolute Gasteiger partial charge is 0.463 e. The van der Waals surface area contributed by atoms with Gasteiger partial charge in [-0.3, -0.25) is 9.36 Å². The number of esters is 1. The van der Waals surface area contributed by atoms with Crippen molar-refractivity contribution in [3.05, 3.63) is 88.4 Å². The van der Waals surface area contributed by atoms with E-state index in [2.05, 4.69) is 9.72 Å². The summed E-state index contributed by atoms with van der Waals surface area (Å²) in [5.41, 5.74) is 1.26. The highest BCUT2D eigenvalue weighted by molar-refractivity contribution is 7.98. The van der Waals surface area contributed by atoms with E-state index in [1.165, 1.54) is 41.6 Å². The van der Waals surface area contributed by atoms with Gasteiger partial charge in [0, 0.05) is 10.9 Å². The Labute approximate surface area is 184 Å². The molecule has 0 aliphatic rings. The van der Waals surface area contributed by atoms with Crippen LogP contribution in [0.4, 0.5) is 4.39 Å². The molecule has 160 valence electrons. The van der Waals surface area contributed by atoms with Crippen LogP contribution in [0.5, 0.6) is 0 Å². The maximum Gasteiger partial charge on any atom is 0.373 e. The first-order valence-electron chi connectivity index (χ1n) is 9.65. The number of methoxy groups -OCH3 is 1. The Bertz CT molecular complexity index is 1540. The van der Waals surface area contributed by atoms with E-state index < -0.39 is 17.3 Å². The van der Waals surface area contributed by atoms with Gasteiger partial charge in [0.2, 0.25) is 5.76 Å². The summed E-state index contributed by atoms with van der Waals surface area (Å²) in [5.74, 6) is -0.285. The molecule has 0 fully saturated rings. The smallest absolute Gasteiger partial charge is 0.373 e. The standard InChI is InChI=1S/C23H16FN3O4S/c1-30-22(29)18-11-10-13(31-18)12-32-23-26-19-14-6-2-4-8-16(14)25-20(19)21(28)27(23)17-9-5-3-7-15(17)24/h2-11,25H,12H2,1H3. The van der Waals surface area contributed by atoms with Gasteiger partial charge in [0.15, 0.2) is 5.16 Å². The third-order valence-corrected chi connectivity index (χ3v) is 5.94. The zero-order chi connectivity index (χ0) is 22.2. The molecule has 32 heavy (non-hydrogen) atoms. The van der Waals surface area contributed by atoms with Crippen LogP contribution >= 0.6 is 11.8 Å². The minimum Gasteiger partial charge on any atom is -0.463 e. The van der Waals surface area contributed by atoms with Crippen LogP contribution in [0.2, 0.25) is 0 Å². The van der Waals surface area contributed by atoms with E-state index in [1.807, 2.05) is 24.3 Å². The normalized spacial score (nSPS) is 11.3. The van der Waals surface area contributed by atoms with Crippen LogP contribution in [0, 0.1) is 5.82 Å². The number of nitrogens with one attached hydrogen (secondary N) is 1. The maximum atomic E-state index is 14.7. The molecule has 9 heteroatoms. The lowest BCUT2D eigenvalue weighted by Gasteiger charge is -2.12. The first kappa shape index (κ1) is 20.1. The molecule has 0 amide bonds. The van der Waals surface area contributed by atoms with Crippen LogP contribution in [-0.4, -0.2) is 27.6 Å². The number of benzene rings is 2. The molecule has 3 aromatic heterocycles. The first-order chi connectivity index (χ1) is 15.6. The zero-order valence-electron chi connectivity index (χ0n) is 16.8. The van der Waals surface area contributed by atoms with Crippen molar-refractivity contribution in [2.75, 3.05) is 7.11 Å². The van der Waals surface area contributed by atoms with Crippen LogP contribution in [-0.2, 0) is 10.5 Å². The minimum absolute atomic E-state index is 0.0784. The molecule has 3 heterocycles. The van der Waals surface area contributed by atoms with Gasteiger partial charge in [-0.1, -0.05) is 42.1 Å². The first-order valence-corrected chi connectivity index (χ1v) is 10.6. The average Bonchev–Trinajstić information content (AvgIpc) is 3.43. The van der Waals surface area contributed by atoms with Crippen molar-refractivity contribution < 1.29 is 18.3 Å². The molecule has 1 N–H and O–H groups in total. The summed E-state index contributed by atoms with van der Waals surface area (Å²) in [6.45, 7) is 0. The van der Waals surface area contributed by atoms with Crippen molar-refractivity contribution in [2.24, 2.45) is 0 Å². The number of aromatic nitrogens is 3. The fourth-order valence-corrected chi connectivity index (χ4v) is 4.38. The number of fused-ring (bicyclic) bond motifs is 3. The number of halogens is 1. The second-order valence-corrected chi connectivity index (χ2v) is 7.87. The number of para-hydroxylation sites is 2. The molecule has 0 aliphatic carbocycles. The van der Waals surface area contributed by atoms with Crippen molar-refractivity contribution in [2.45, 2.75) is 10.9 Å². The van der Waals surface area contributed by atoms with Gasteiger partial charge in [-0.25, -0.2) is 14.2 Å². The predicted molar refractivity (Wildman–Crippen MR) is 119 cm³/mol. The molecule has 0 saturated heterocycles. The summed E-state index contributed by atoms with van der Waals surface area (Å²) in [6.07, 6.45) is 0. The fraction of sp³-hybridized carbons (Fsp3) is 0.0870. The summed E-state index contributed by atoms with van der Waals surface area (Å²) in [4.78, 5) is 32.9. The molecule has 0 saturated carbocycles. The minimum atomic E-state index is -0.581. The van der Waals surface area contributed by atoms with Crippen molar-refractivity contribution >= 4 is 39.7 Å². The van der Waals surface area contributed by atoms with Gasteiger partial charge in [0.1, 0.15) is 22.6 Å². The Morgan fingerprint density at radius 1 is 1.16 bits per heavy atom. The summed E-state index contributed by atoms with van der Waals surface area (Å²) < 4.78 is 26.1. The molecule has 0 aliphatic heterocycles. The number of thioether (sulfide) groups is 1.